The van der Waals surface area contributed by atoms with Gasteiger partial charge < -0.3 is 14.8 Å². The van der Waals surface area contributed by atoms with Gasteiger partial charge in [-0.15, -0.1) is 16.8 Å². The molecule has 33 heavy (non-hydrogen) atoms. The van der Waals surface area contributed by atoms with E-state index in [-0.39, 0.29) is 16.7 Å². The first-order chi connectivity index (χ1) is 15.9. The minimum atomic E-state index is -0.521. The monoisotopic (exact) mass is 490 g/mol. The van der Waals surface area contributed by atoms with Crippen molar-refractivity contribution in [2.24, 2.45) is 0 Å². The maximum Gasteiger partial charge on any atom is 0.234 e. The van der Waals surface area contributed by atoms with Gasteiger partial charge in [-0.05, 0) is 56.3 Å². The van der Waals surface area contributed by atoms with Gasteiger partial charge >= 0.3 is 0 Å². The Morgan fingerprint density at radius 2 is 2.06 bits per heavy atom. The molecule has 0 saturated heterocycles. The maximum atomic E-state index is 13.3. The largest absolute Gasteiger partial charge is 0.494 e. The lowest BCUT2D eigenvalue weighted by atomic mass is 10.3. The SMILES string of the molecule is C=CCn1c(SCC(=O)Nc2ccc(OCC)cc2)nnc1C(C)Oc1ccc(F)cc1Cl. The Labute approximate surface area is 200 Å². The van der Waals surface area contributed by atoms with Gasteiger partial charge in [0.1, 0.15) is 17.3 Å². The zero-order valence-corrected chi connectivity index (χ0v) is 19.8. The summed E-state index contributed by atoms with van der Waals surface area (Å²) in [5.74, 6) is 1.13. The second kappa shape index (κ2) is 11.7. The number of thioether (sulfide) groups is 1. The number of hydrogen-bond acceptors (Lipinski definition) is 6. The predicted octanol–water partition coefficient (Wildman–Crippen LogP) is 5.53. The summed E-state index contributed by atoms with van der Waals surface area (Å²) in [6.45, 7) is 8.48. The van der Waals surface area contributed by atoms with Gasteiger partial charge in [-0.1, -0.05) is 29.4 Å². The van der Waals surface area contributed by atoms with E-state index in [9.17, 15) is 9.18 Å². The van der Waals surface area contributed by atoms with E-state index in [2.05, 4.69) is 22.1 Å². The molecule has 3 aromatic rings. The summed E-state index contributed by atoms with van der Waals surface area (Å²) in [4.78, 5) is 12.4. The molecule has 0 aliphatic rings. The standard InChI is InChI=1S/C23H24ClFN4O3S/c1-4-12-29-22(15(3)32-20-11-6-16(25)13-19(20)24)27-28-23(29)33-14-21(30)26-17-7-9-18(10-8-17)31-5-2/h4,6-11,13,15H,1,5,12,14H2,2-3H3,(H,26,30). The van der Waals surface area contributed by atoms with Crippen LogP contribution < -0.4 is 14.8 Å². The van der Waals surface area contributed by atoms with E-state index in [1.165, 1.54) is 30.0 Å². The van der Waals surface area contributed by atoms with Crippen molar-refractivity contribution in [1.82, 2.24) is 14.8 Å². The number of ether oxygens (including phenoxy) is 2. The first-order valence-corrected chi connectivity index (χ1v) is 11.6. The van der Waals surface area contributed by atoms with Crippen LogP contribution >= 0.6 is 23.4 Å². The highest BCUT2D eigenvalue weighted by atomic mass is 35.5. The number of anilines is 1. The Balaban J connectivity index is 1.64. The van der Waals surface area contributed by atoms with E-state index in [0.29, 0.717) is 35.6 Å². The van der Waals surface area contributed by atoms with Crippen LogP contribution in [0.25, 0.3) is 0 Å². The highest BCUT2D eigenvalue weighted by molar-refractivity contribution is 7.99. The van der Waals surface area contributed by atoms with E-state index in [4.69, 9.17) is 21.1 Å². The molecule has 1 N–H and O–H groups in total. The van der Waals surface area contributed by atoms with Crippen LogP contribution in [0.15, 0.2) is 60.3 Å². The number of nitrogens with zero attached hydrogens (tertiary/aromatic N) is 3. The van der Waals surface area contributed by atoms with Gasteiger partial charge in [-0.3, -0.25) is 9.36 Å². The third-order valence-electron chi connectivity index (χ3n) is 4.40. The van der Waals surface area contributed by atoms with Gasteiger partial charge in [-0.25, -0.2) is 4.39 Å². The Kier molecular flexibility index (Phi) is 8.73. The molecule has 1 atom stereocenters. The quantitative estimate of drug-likeness (QED) is 0.281. The molecule has 0 radical (unpaired) electrons. The number of halogens is 2. The topological polar surface area (TPSA) is 78.3 Å². The Bertz CT molecular complexity index is 1110. The lowest BCUT2D eigenvalue weighted by Crippen LogP contribution is -2.15. The van der Waals surface area contributed by atoms with Gasteiger partial charge in [0.2, 0.25) is 5.91 Å². The average Bonchev–Trinajstić information content (AvgIpc) is 3.19. The number of amides is 1. The molecule has 3 rings (SSSR count). The van der Waals surface area contributed by atoms with E-state index in [1.807, 2.05) is 11.5 Å². The van der Waals surface area contributed by atoms with Crippen LogP contribution in [0, 0.1) is 5.82 Å². The first kappa shape index (κ1) is 24.6. The molecule has 0 saturated carbocycles. The number of carbonyl (C=O) groups is 1. The zero-order chi connectivity index (χ0) is 23.8. The van der Waals surface area contributed by atoms with Crippen LogP contribution in [0.5, 0.6) is 11.5 Å². The van der Waals surface area contributed by atoms with Gasteiger partial charge in [0, 0.05) is 12.2 Å². The van der Waals surface area contributed by atoms with E-state index >= 15 is 0 Å². The molecule has 2 aromatic carbocycles. The van der Waals surface area contributed by atoms with Crippen LogP contribution in [0.3, 0.4) is 0 Å². The molecule has 1 heterocycles. The third kappa shape index (κ3) is 6.72. The average molecular weight is 491 g/mol. The lowest BCUT2D eigenvalue weighted by molar-refractivity contribution is -0.113. The van der Waals surface area contributed by atoms with E-state index in [1.54, 1.807) is 37.3 Å². The molecule has 7 nitrogen and oxygen atoms in total. The summed E-state index contributed by atoms with van der Waals surface area (Å²) in [6, 6.07) is 11.1. The number of allylic oxidation sites excluding steroid dienone is 1. The van der Waals surface area contributed by atoms with Crippen LogP contribution in [0.4, 0.5) is 10.1 Å². The van der Waals surface area contributed by atoms with Crippen molar-refractivity contribution in [2.75, 3.05) is 17.7 Å². The summed E-state index contributed by atoms with van der Waals surface area (Å²) in [5, 5.41) is 12.0. The fraction of sp³-hybridized carbons (Fsp3) is 0.261. The number of rotatable bonds is 11. The maximum absolute atomic E-state index is 13.3. The molecule has 0 aliphatic heterocycles. The molecule has 0 fully saturated rings. The van der Waals surface area contributed by atoms with Crippen molar-refractivity contribution in [3.63, 3.8) is 0 Å². The summed E-state index contributed by atoms with van der Waals surface area (Å²) in [6.07, 6.45) is 1.18. The molecule has 0 bridgehead atoms. The van der Waals surface area contributed by atoms with Crippen molar-refractivity contribution in [3.05, 3.63) is 71.8 Å². The lowest BCUT2D eigenvalue weighted by Gasteiger charge is -2.16. The van der Waals surface area contributed by atoms with E-state index in [0.717, 1.165) is 5.75 Å². The number of nitrogens with one attached hydrogen (secondary N) is 1. The Morgan fingerprint density at radius 1 is 1.30 bits per heavy atom. The molecule has 1 amide bonds. The van der Waals surface area contributed by atoms with Crippen molar-refractivity contribution >= 4 is 35.0 Å². The molecular weight excluding hydrogens is 467 g/mol. The molecule has 10 heteroatoms. The number of benzene rings is 2. The summed E-state index contributed by atoms with van der Waals surface area (Å²) in [5.41, 5.74) is 0.676. The Morgan fingerprint density at radius 3 is 2.73 bits per heavy atom. The Hall–Kier alpha value is -3.04. The minimum Gasteiger partial charge on any atom is -0.494 e. The number of carbonyl (C=O) groups excluding carboxylic acids is 1. The molecule has 0 spiro atoms. The molecule has 0 aliphatic carbocycles. The number of hydrogen-bond donors (Lipinski definition) is 1. The smallest absolute Gasteiger partial charge is 0.234 e. The highest BCUT2D eigenvalue weighted by Crippen LogP contribution is 2.30. The third-order valence-corrected chi connectivity index (χ3v) is 5.66. The molecule has 174 valence electrons. The van der Waals surface area contributed by atoms with Gasteiger partial charge in [-0.2, -0.15) is 0 Å². The number of aromatic nitrogens is 3. The van der Waals surface area contributed by atoms with Crippen molar-refractivity contribution in [1.29, 1.82) is 0 Å². The summed E-state index contributed by atoms with van der Waals surface area (Å²) < 4.78 is 26.4. The normalized spacial score (nSPS) is 11.6. The fourth-order valence-corrected chi connectivity index (χ4v) is 3.92. The van der Waals surface area contributed by atoms with Crippen LogP contribution in [0.1, 0.15) is 25.8 Å². The second-order valence-corrected chi connectivity index (χ2v) is 8.22. The summed E-state index contributed by atoms with van der Waals surface area (Å²) >= 11 is 7.31. The zero-order valence-electron chi connectivity index (χ0n) is 18.3. The van der Waals surface area contributed by atoms with Gasteiger partial charge in [0.15, 0.2) is 17.1 Å². The fourth-order valence-electron chi connectivity index (χ4n) is 2.95. The van der Waals surface area contributed by atoms with E-state index < -0.39 is 11.9 Å². The van der Waals surface area contributed by atoms with Crippen molar-refractivity contribution in [3.8, 4) is 11.5 Å². The molecule has 1 unspecified atom stereocenters. The molecule has 1 aromatic heterocycles. The predicted molar refractivity (Wildman–Crippen MR) is 128 cm³/mol. The second-order valence-electron chi connectivity index (χ2n) is 6.87. The highest BCUT2D eigenvalue weighted by Gasteiger charge is 2.20. The van der Waals surface area contributed by atoms with Crippen LogP contribution in [0.2, 0.25) is 5.02 Å². The first-order valence-electron chi connectivity index (χ1n) is 10.2. The summed E-state index contributed by atoms with van der Waals surface area (Å²) in [7, 11) is 0. The van der Waals surface area contributed by atoms with Crippen LogP contribution in [-0.2, 0) is 11.3 Å². The van der Waals surface area contributed by atoms with Gasteiger partial charge in [0.05, 0.1) is 17.4 Å². The van der Waals surface area contributed by atoms with Crippen LogP contribution in [-0.4, -0.2) is 33.0 Å². The van der Waals surface area contributed by atoms with Crippen molar-refractivity contribution < 1.29 is 18.7 Å². The molecular formula is C23H24ClFN4O3S. The minimum absolute atomic E-state index is 0.140. The van der Waals surface area contributed by atoms with Gasteiger partial charge in [0.25, 0.3) is 0 Å². The van der Waals surface area contributed by atoms with Crippen molar-refractivity contribution in [2.45, 2.75) is 31.7 Å².